The average Bonchev–Trinajstić information content (AvgIpc) is 2.85. The Morgan fingerprint density at radius 2 is 2.21 bits per heavy atom. The summed E-state index contributed by atoms with van der Waals surface area (Å²) in [5.41, 5.74) is 0.163. The molecule has 4 nitrogen and oxygen atoms in total. The van der Waals surface area contributed by atoms with Crippen LogP contribution in [0.5, 0.6) is 0 Å². The molecule has 1 aromatic heterocycles. The predicted molar refractivity (Wildman–Crippen MR) is 66.4 cm³/mol. The van der Waals surface area contributed by atoms with Gasteiger partial charge < -0.3 is 9.88 Å². The number of rotatable bonds is 2. The quantitative estimate of drug-likeness (QED) is 0.905. The van der Waals surface area contributed by atoms with E-state index in [0.717, 1.165) is 24.9 Å². The van der Waals surface area contributed by atoms with Crippen molar-refractivity contribution in [1.82, 2.24) is 20.1 Å². The van der Waals surface area contributed by atoms with Crippen molar-refractivity contribution in [2.75, 3.05) is 6.54 Å². The van der Waals surface area contributed by atoms with Gasteiger partial charge in [-0.15, -0.1) is 10.2 Å². The maximum Gasteiger partial charge on any atom is 0.169 e. The second-order valence-electron chi connectivity index (χ2n) is 4.55. The van der Waals surface area contributed by atoms with Gasteiger partial charge in [-0.05, 0) is 18.6 Å². The van der Waals surface area contributed by atoms with Gasteiger partial charge in [-0.2, -0.15) is 0 Å². The summed E-state index contributed by atoms with van der Waals surface area (Å²) in [6, 6.07) is 4.22. The SMILES string of the molecule is CCC1NCCn2c(-c3cccc(F)c3F)nnc21. The van der Waals surface area contributed by atoms with Crippen molar-refractivity contribution < 1.29 is 8.78 Å². The Morgan fingerprint density at radius 3 is 3.00 bits per heavy atom. The summed E-state index contributed by atoms with van der Waals surface area (Å²) in [4.78, 5) is 0. The van der Waals surface area contributed by atoms with Crippen LogP contribution in [0.3, 0.4) is 0 Å². The van der Waals surface area contributed by atoms with Crippen LogP contribution >= 0.6 is 0 Å². The molecule has 2 aromatic rings. The molecule has 1 N–H and O–H groups in total. The van der Waals surface area contributed by atoms with Crippen molar-refractivity contribution in [3.8, 4) is 11.4 Å². The van der Waals surface area contributed by atoms with E-state index >= 15 is 0 Å². The van der Waals surface area contributed by atoms with E-state index in [1.165, 1.54) is 12.1 Å². The summed E-state index contributed by atoms with van der Waals surface area (Å²) in [7, 11) is 0. The van der Waals surface area contributed by atoms with Crippen LogP contribution in [-0.2, 0) is 6.54 Å². The Kier molecular flexibility index (Phi) is 3.02. The van der Waals surface area contributed by atoms with E-state index in [1.54, 1.807) is 0 Å². The first-order valence-corrected chi connectivity index (χ1v) is 6.33. The van der Waals surface area contributed by atoms with E-state index in [4.69, 9.17) is 0 Å². The topological polar surface area (TPSA) is 42.7 Å². The van der Waals surface area contributed by atoms with E-state index in [2.05, 4.69) is 15.5 Å². The maximum absolute atomic E-state index is 13.8. The smallest absolute Gasteiger partial charge is 0.169 e. The number of halogens is 2. The van der Waals surface area contributed by atoms with Gasteiger partial charge in [0.15, 0.2) is 23.3 Å². The Labute approximate surface area is 109 Å². The van der Waals surface area contributed by atoms with Crippen LogP contribution in [0.15, 0.2) is 18.2 Å². The molecule has 2 heterocycles. The van der Waals surface area contributed by atoms with Crippen LogP contribution in [0.25, 0.3) is 11.4 Å². The lowest BCUT2D eigenvalue weighted by atomic mass is 10.1. The minimum absolute atomic E-state index is 0.117. The normalized spacial score (nSPS) is 18.4. The fourth-order valence-corrected chi connectivity index (χ4v) is 2.44. The highest BCUT2D eigenvalue weighted by molar-refractivity contribution is 5.56. The van der Waals surface area contributed by atoms with Crippen LogP contribution in [-0.4, -0.2) is 21.3 Å². The number of hydrogen-bond donors (Lipinski definition) is 1. The van der Waals surface area contributed by atoms with Crippen LogP contribution in [0.2, 0.25) is 0 Å². The van der Waals surface area contributed by atoms with E-state index in [0.29, 0.717) is 12.4 Å². The number of benzene rings is 1. The molecular weight excluding hydrogens is 250 g/mol. The Morgan fingerprint density at radius 1 is 1.37 bits per heavy atom. The van der Waals surface area contributed by atoms with Crippen molar-refractivity contribution >= 4 is 0 Å². The van der Waals surface area contributed by atoms with Gasteiger partial charge in [-0.1, -0.05) is 13.0 Å². The third-order valence-corrected chi connectivity index (χ3v) is 3.42. The summed E-state index contributed by atoms with van der Waals surface area (Å²) in [6.45, 7) is 3.47. The lowest BCUT2D eigenvalue weighted by Crippen LogP contribution is -2.33. The number of nitrogens with zero attached hydrogens (tertiary/aromatic N) is 3. The molecule has 0 aliphatic carbocycles. The minimum Gasteiger partial charge on any atom is -0.308 e. The summed E-state index contributed by atoms with van der Waals surface area (Å²) in [5, 5.41) is 11.5. The zero-order valence-corrected chi connectivity index (χ0v) is 10.5. The predicted octanol–water partition coefficient (Wildman–Crippen LogP) is 2.28. The molecule has 0 fully saturated rings. The van der Waals surface area contributed by atoms with Crippen molar-refractivity contribution in [2.45, 2.75) is 25.9 Å². The highest BCUT2D eigenvalue weighted by Crippen LogP contribution is 2.27. The van der Waals surface area contributed by atoms with Crippen LogP contribution in [0, 0.1) is 11.6 Å². The first-order valence-electron chi connectivity index (χ1n) is 6.33. The fraction of sp³-hybridized carbons (Fsp3) is 0.385. The van der Waals surface area contributed by atoms with Gasteiger partial charge in [0.2, 0.25) is 0 Å². The number of fused-ring (bicyclic) bond motifs is 1. The molecule has 3 rings (SSSR count). The minimum atomic E-state index is -0.871. The van der Waals surface area contributed by atoms with E-state index in [1.807, 2.05) is 11.5 Å². The van der Waals surface area contributed by atoms with Gasteiger partial charge in [0, 0.05) is 13.1 Å². The van der Waals surface area contributed by atoms with Gasteiger partial charge in [0.25, 0.3) is 0 Å². The highest BCUT2D eigenvalue weighted by atomic mass is 19.2. The van der Waals surface area contributed by atoms with E-state index in [9.17, 15) is 8.78 Å². The van der Waals surface area contributed by atoms with E-state index < -0.39 is 11.6 Å². The van der Waals surface area contributed by atoms with Gasteiger partial charge in [0.1, 0.15) is 0 Å². The van der Waals surface area contributed by atoms with Crippen LogP contribution in [0.1, 0.15) is 25.2 Å². The van der Waals surface area contributed by atoms with E-state index in [-0.39, 0.29) is 11.6 Å². The molecule has 0 bridgehead atoms. The molecule has 1 aliphatic heterocycles. The zero-order chi connectivity index (χ0) is 13.4. The lowest BCUT2D eigenvalue weighted by Gasteiger charge is -2.24. The van der Waals surface area contributed by atoms with Crippen molar-refractivity contribution in [2.24, 2.45) is 0 Å². The monoisotopic (exact) mass is 264 g/mol. The summed E-state index contributed by atoms with van der Waals surface area (Å²) >= 11 is 0. The van der Waals surface area contributed by atoms with Crippen LogP contribution in [0.4, 0.5) is 8.78 Å². The highest BCUT2D eigenvalue weighted by Gasteiger charge is 2.25. The largest absolute Gasteiger partial charge is 0.308 e. The molecule has 100 valence electrons. The summed E-state index contributed by atoms with van der Waals surface area (Å²) < 4.78 is 29.0. The third-order valence-electron chi connectivity index (χ3n) is 3.42. The summed E-state index contributed by atoms with van der Waals surface area (Å²) in [6.07, 6.45) is 0.879. The molecule has 0 saturated heterocycles. The Hall–Kier alpha value is -1.82. The number of hydrogen-bond acceptors (Lipinski definition) is 3. The first-order chi connectivity index (χ1) is 9.22. The second-order valence-corrected chi connectivity index (χ2v) is 4.55. The molecule has 0 amide bonds. The Balaban J connectivity index is 2.12. The number of aromatic nitrogens is 3. The molecule has 1 aliphatic rings. The maximum atomic E-state index is 13.8. The van der Waals surface area contributed by atoms with Crippen molar-refractivity contribution in [3.05, 3.63) is 35.7 Å². The lowest BCUT2D eigenvalue weighted by molar-refractivity contribution is 0.407. The van der Waals surface area contributed by atoms with Gasteiger partial charge in [-0.3, -0.25) is 0 Å². The fourth-order valence-electron chi connectivity index (χ4n) is 2.44. The molecule has 1 aromatic carbocycles. The zero-order valence-electron chi connectivity index (χ0n) is 10.5. The molecule has 0 spiro atoms. The molecule has 6 heteroatoms. The Bertz CT molecular complexity index is 609. The first kappa shape index (κ1) is 12.2. The molecule has 1 unspecified atom stereocenters. The van der Waals surface area contributed by atoms with Gasteiger partial charge in [0.05, 0.1) is 11.6 Å². The average molecular weight is 264 g/mol. The molecule has 1 atom stereocenters. The third kappa shape index (κ3) is 1.92. The van der Waals surface area contributed by atoms with Crippen LogP contribution < -0.4 is 5.32 Å². The van der Waals surface area contributed by atoms with Crippen molar-refractivity contribution in [1.29, 1.82) is 0 Å². The number of nitrogens with one attached hydrogen (secondary N) is 1. The summed E-state index contributed by atoms with van der Waals surface area (Å²) in [5.74, 6) is -0.556. The van der Waals surface area contributed by atoms with Gasteiger partial charge >= 0.3 is 0 Å². The molecule has 19 heavy (non-hydrogen) atoms. The van der Waals surface area contributed by atoms with Crippen molar-refractivity contribution in [3.63, 3.8) is 0 Å². The second kappa shape index (κ2) is 4.70. The molecular formula is C13H14F2N4. The van der Waals surface area contributed by atoms with Gasteiger partial charge in [-0.25, -0.2) is 8.78 Å². The standard InChI is InChI=1S/C13H14F2N4/c1-2-10-13-18-17-12(19(13)7-6-16-10)8-4-3-5-9(14)11(8)15/h3-5,10,16H,2,6-7H2,1H3. The molecule has 0 radical (unpaired) electrons. The molecule has 0 saturated carbocycles.